The Morgan fingerprint density at radius 2 is 2.04 bits per heavy atom. The van der Waals surface area contributed by atoms with Crippen molar-refractivity contribution < 1.29 is 18.0 Å². The fourth-order valence-electron chi connectivity index (χ4n) is 3.33. The quantitative estimate of drug-likeness (QED) is 0.845. The molecule has 0 fully saturated rings. The van der Waals surface area contributed by atoms with Gasteiger partial charge in [-0.25, -0.2) is 18.2 Å². The third kappa shape index (κ3) is 3.14. The molecule has 1 amide bonds. The molecule has 1 aliphatic heterocycles. The number of amides is 1. The van der Waals surface area contributed by atoms with Crippen molar-refractivity contribution in [3.63, 3.8) is 0 Å². The molecular formula is C19H17F3N4OS. The van der Waals surface area contributed by atoms with Crippen molar-refractivity contribution in [3.05, 3.63) is 57.0 Å². The molecule has 2 heterocycles. The summed E-state index contributed by atoms with van der Waals surface area (Å²) in [6.07, 6.45) is 0. The van der Waals surface area contributed by atoms with E-state index in [1.807, 2.05) is 6.07 Å². The number of carbonyl (C=O) groups is 1. The van der Waals surface area contributed by atoms with Gasteiger partial charge in [-0.05, 0) is 36.8 Å². The van der Waals surface area contributed by atoms with Crippen LogP contribution in [0.25, 0.3) is 0 Å². The molecule has 0 spiro atoms. The SMILES string of the molecule is CN1C(=O)[C@H](c2ccc(C(C)(F)F)c(F)c2)[C@@](C)(c2ccc(C#N)s2)N=C1N. The summed E-state index contributed by atoms with van der Waals surface area (Å²) in [6.45, 7) is 2.26. The summed E-state index contributed by atoms with van der Waals surface area (Å²) >= 11 is 1.15. The van der Waals surface area contributed by atoms with Crippen LogP contribution in [-0.4, -0.2) is 23.8 Å². The Bertz CT molecular complexity index is 1020. The highest BCUT2D eigenvalue weighted by atomic mass is 32.1. The van der Waals surface area contributed by atoms with E-state index >= 15 is 0 Å². The van der Waals surface area contributed by atoms with Crippen LogP contribution < -0.4 is 5.73 Å². The van der Waals surface area contributed by atoms with Crippen LogP contribution in [0.2, 0.25) is 0 Å². The highest BCUT2D eigenvalue weighted by molar-refractivity contribution is 7.12. The lowest BCUT2D eigenvalue weighted by molar-refractivity contribution is -0.130. The van der Waals surface area contributed by atoms with E-state index in [1.54, 1.807) is 19.1 Å². The maximum atomic E-state index is 14.4. The molecule has 2 aromatic rings. The molecule has 0 aliphatic carbocycles. The smallest absolute Gasteiger partial charge is 0.273 e. The second-order valence-corrected chi connectivity index (χ2v) is 7.93. The van der Waals surface area contributed by atoms with Crippen molar-refractivity contribution >= 4 is 23.2 Å². The molecule has 2 atom stereocenters. The standard InChI is InChI=1S/C19H17F3N4OS/c1-18(14-7-5-11(9-23)28-14)15(16(27)26(3)17(24)25-18)10-4-6-12(13(20)8-10)19(2,21)22/h4-8,15H,1-3H3,(H2,24,25)/t15-,18+/m0/s1. The minimum atomic E-state index is -3.35. The van der Waals surface area contributed by atoms with Crippen LogP contribution in [0.15, 0.2) is 35.3 Å². The summed E-state index contributed by atoms with van der Waals surface area (Å²) in [5.74, 6) is -5.92. The maximum absolute atomic E-state index is 14.4. The number of rotatable bonds is 3. The van der Waals surface area contributed by atoms with E-state index in [-0.39, 0.29) is 11.5 Å². The highest BCUT2D eigenvalue weighted by Crippen LogP contribution is 2.46. The molecular weight excluding hydrogens is 389 g/mol. The minimum Gasteiger partial charge on any atom is -0.369 e. The second-order valence-electron chi connectivity index (χ2n) is 6.85. The van der Waals surface area contributed by atoms with Gasteiger partial charge in [-0.3, -0.25) is 9.69 Å². The summed E-state index contributed by atoms with van der Waals surface area (Å²) in [5, 5.41) is 9.11. The van der Waals surface area contributed by atoms with Crippen molar-refractivity contribution in [3.8, 4) is 6.07 Å². The summed E-state index contributed by atoms with van der Waals surface area (Å²) in [6, 6.07) is 8.51. The predicted octanol–water partition coefficient (Wildman–Crippen LogP) is 3.66. The fraction of sp³-hybridized carbons (Fsp3) is 0.316. The van der Waals surface area contributed by atoms with Crippen molar-refractivity contribution in [2.45, 2.75) is 31.2 Å². The van der Waals surface area contributed by atoms with E-state index in [1.165, 1.54) is 13.1 Å². The van der Waals surface area contributed by atoms with Crippen molar-refractivity contribution in [1.29, 1.82) is 5.26 Å². The van der Waals surface area contributed by atoms with Gasteiger partial charge in [0.15, 0.2) is 5.96 Å². The van der Waals surface area contributed by atoms with Gasteiger partial charge < -0.3 is 5.73 Å². The second kappa shape index (κ2) is 6.63. The topological polar surface area (TPSA) is 82.5 Å². The van der Waals surface area contributed by atoms with Gasteiger partial charge in [0.1, 0.15) is 22.3 Å². The van der Waals surface area contributed by atoms with Gasteiger partial charge >= 0.3 is 0 Å². The molecule has 2 N–H and O–H groups in total. The van der Waals surface area contributed by atoms with E-state index in [4.69, 9.17) is 11.0 Å². The molecule has 0 radical (unpaired) electrons. The number of hydrogen-bond donors (Lipinski definition) is 1. The number of carbonyl (C=O) groups excluding carboxylic acids is 1. The van der Waals surface area contributed by atoms with Crippen molar-refractivity contribution in [1.82, 2.24) is 4.90 Å². The molecule has 9 heteroatoms. The Labute approximate surface area is 163 Å². The number of likely N-dealkylation sites (N-methyl/N-ethyl adjacent to an activating group) is 1. The zero-order chi connectivity index (χ0) is 20.9. The Balaban J connectivity index is 2.19. The Hall–Kier alpha value is -2.86. The molecule has 1 aliphatic rings. The van der Waals surface area contributed by atoms with E-state index in [2.05, 4.69) is 4.99 Å². The number of nitriles is 1. The Morgan fingerprint density at radius 3 is 2.57 bits per heavy atom. The third-order valence-corrected chi connectivity index (χ3v) is 6.06. The third-order valence-electron chi connectivity index (χ3n) is 4.84. The van der Waals surface area contributed by atoms with Crippen LogP contribution in [0.5, 0.6) is 0 Å². The molecule has 3 rings (SSSR count). The lowest BCUT2D eigenvalue weighted by Crippen LogP contribution is -2.52. The molecule has 0 unspecified atom stereocenters. The van der Waals surface area contributed by atoms with Crippen molar-refractivity contribution in [2.75, 3.05) is 7.05 Å². The number of halogens is 3. The molecule has 146 valence electrons. The van der Waals surface area contributed by atoms with Gasteiger partial charge in [0.25, 0.3) is 5.92 Å². The van der Waals surface area contributed by atoms with Crippen LogP contribution >= 0.6 is 11.3 Å². The highest BCUT2D eigenvalue weighted by Gasteiger charge is 2.48. The number of aliphatic imine (C=N–C) groups is 1. The first-order chi connectivity index (χ1) is 13.0. The van der Waals surface area contributed by atoms with Gasteiger partial charge in [-0.15, -0.1) is 11.3 Å². The van der Waals surface area contributed by atoms with Crippen molar-refractivity contribution in [2.24, 2.45) is 10.7 Å². The lowest BCUT2D eigenvalue weighted by atomic mass is 9.77. The number of nitrogens with zero attached hydrogens (tertiary/aromatic N) is 3. The molecule has 1 aromatic heterocycles. The van der Waals surface area contributed by atoms with Gasteiger partial charge in [0.05, 0.1) is 11.5 Å². The van der Waals surface area contributed by atoms with Gasteiger partial charge in [-0.2, -0.15) is 5.26 Å². The Morgan fingerprint density at radius 1 is 1.36 bits per heavy atom. The lowest BCUT2D eigenvalue weighted by Gasteiger charge is -2.40. The van der Waals surface area contributed by atoms with Gasteiger partial charge in [-0.1, -0.05) is 6.07 Å². The molecule has 0 bridgehead atoms. The zero-order valence-electron chi connectivity index (χ0n) is 15.3. The number of hydrogen-bond acceptors (Lipinski definition) is 5. The minimum absolute atomic E-state index is 0.0205. The summed E-state index contributed by atoms with van der Waals surface area (Å²) in [4.78, 5) is 19.6. The monoisotopic (exact) mass is 406 g/mol. The van der Waals surface area contributed by atoms with Gasteiger partial charge in [0, 0.05) is 18.8 Å². The summed E-state index contributed by atoms with van der Waals surface area (Å²) in [7, 11) is 1.44. The molecule has 28 heavy (non-hydrogen) atoms. The largest absolute Gasteiger partial charge is 0.369 e. The first kappa shape index (κ1) is 19.9. The van der Waals surface area contributed by atoms with Crippen LogP contribution in [0.3, 0.4) is 0 Å². The zero-order valence-corrected chi connectivity index (χ0v) is 16.1. The first-order valence-corrected chi connectivity index (χ1v) is 9.11. The van der Waals surface area contributed by atoms with E-state index in [0.29, 0.717) is 16.7 Å². The number of benzene rings is 1. The fourth-order valence-corrected chi connectivity index (χ4v) is 4.25. The number of thiophene rings is 1. The average molecular weight is 406 g/mol. The number of alkyl halides is 2. The predicted molar refractivity (Wildman–Crippen MR) is 99.5 cm³/mol. The van der Waals surface area contributed by atoms with Crippen LogP contribution in [-0.2, 0) is 16.3 Å². The normalized spacial score (nSPS) is 22.8. The molecule has 1 aromatic carbocycles. The molecule has 5 nitrogen and oxygen atoms in total. The number of guanidine groups is 1. The molecule has 0 saturated carbocycles. The Kier molecular flexibility index (Phi) is 4.71. The average Bonchev–Trinajstić information content (AvgIpc) is 3.09. The van der Waals surface area contributed by atoms with Crippen LogP contribution in [0, 0.1) is 17.1 Å². The maximum Gasteiger partial charge on any atom is 0.273 e. The van der Waals surface area contributed by atoms with Crippen LogP contribution in [0.4, 0.5) is 13.2 Å². The first-order valence-electron chi connectivity index (χ1n) is 8.30. The van der Waals surface area contributed by atoms with E-state index < -0.39 is 34.7 Å². The van der Waals surface area contributed by atoms with E-state index in [0.717, 1.165) is 28.4 Å². The van der Waals surface area contributed by atoms with Crippen LogP contribution in [0.1, 0.15) is 40.6 Å². The number of nitrogens with two attached hydrogens (primary N) is 1. The van der Waals surface area contributed by atoms with E-state index in [9.17, 15) is 18.0 Å². The van der Waals surface area contributed by atoms with Gasteiger partial charge in [0.2, 0.25) is 5.91 Å². The summed E-state index contributed by atoms with van der Waals surface area (Å²) in [5.41, 5.74) is 4.13. The molecule has 0 saturated heterocycles. The summed E-state index contributed by atoms with van der Waals surface area (Å²) < 4.78 is 41.5.